The van der Waals surface area contributed by atoms with Crippen LogP contribution in [0.2, 0.25) is 0 Å². The summed E-state index contributed by atoms with van der Waals surface area (Å²) in [5.74, 6) is 0. The van der Waals surface area contributed by atoms with Gasteiger partial charge in [-0.1, -0.05) is 206 Å². The van der Waals surface area contributed by atoms with Gasteiger partial charge in [-0.05, 0) is 114 Å². The van der Waals surface area contributed by atoms with Gasteiger partial charge in [0, 0.05) is 16.9 Å². The Morgan fingerprint density at radius 1 is 0.220 bits per heavy atom. The molecule has 0 amide bonds. The third-order valence-corrected chi connectivity index (χ3v) is 11.3. The van der Waals surface area contributed by atoms with Crippen molar-refractivity contribution in [2.75, 3.05) is 4.90 Å². The molecular formula is C58H41N. The third kappa shape index (κ3) is 7.23. The lowest BCUT2D eigenvalue weighted by Crippen LogP contribution is -2.11. The van der Waals surface area contributed by atoms with Crippen molar-refractivity contribution in [3.05, 3.63) is 249 Å². The first-order valence-electron chi connectivity index (χ1n) is 20.3. The quantitative estimate of drug-likeness (QED) is 0.142. The molecule has 0 fully saturated rings. The molecule has 10 aromatic carbocycles. The van der Waals surface area contributed by atoms with Crippen LogP contribution in [0.25, 0.3) is 77.5 Å². The summed E-state index contributed by atoms with van der Waals surface area (Å²) in [5.41, 5.74) is 17.6. The van der Waals surface area contributed by atoms with Gasteiger partial charge in [0.05, 0.1) is 5.69 Å². The monoisotopic (exact) mass is 751 g/mol. The maximum Gasteiger partial charge on any atom is 0.0540 e. The van der Waals surface area contributed by atoms with Gasteiger partial charge in [0.25, 0.3) is 0 Å². The molecule has 0 saturated heterocycles. The van der Waals surface area contributed by atoms with Crippen LogP contribution in [-0.4, -0.2) is 0 Å². The lowest BCUT2D eigenvalue weighted by molar-refractivity contribution is 1.28. The summed E-state index contributed by atoms with van der Waals surface area (Å²) < 4.78 is 0. The first kappa shape index (κ1) is 35.7. The first-order chi connectivity index (χ1) is 29.3. The highest BCUT2D eigenvalue weighted by molar-refractivity contribution is 6.01. The molecule has 0 saturated carbocycles. The number of fused-ring (bicyclic) bond motifs is 1. The van der Waals surface area contributed by atoms with Crippen molar-refractivity contribution in [1.29, 1.82) is 0 Å². The number of hydrogen-bond donors (Lipinski definition) is 0. The topological polar surface area (TPSA) is 3.24 Å². The molecule has 0 unspecified atom stereocenters. The van der Waals surface area contributed by atoms with E-state index in [9.17, 15) is 0 Å². The van der Waals surface area contributed by atoms with Gasteiger partial charge in [-0.15, -0.1) is 0 Å². The molecule has 0 heterocycles. The van der Waals surface area contributed by atoms with Gasteiger partial charge in [0.15, 0.2) is 0 Å². The van der Waals surface area contributed by atoms with E-state index < -0.39 is 0 Å². The Balaban J connectivity index is 1.11. The van der Waals surface area contributed by atoms with Crippen molar-refractivity contribution in [3.8, 4) is 66.8 Å². The molecule has 59 heavy (non-hydrogen) atoms. The van der Waals surface area contributed by atoms with Crippen LogP contribution >= 0.6 is 0 Å². The average molecular weight is 752 g/mol. The second-order valence-electron chi connectivity index (χ2n) is 14.9. The van der Waals surface area contributed by atoms with Gasteiger partial charge in [-0.25, -0.2) is 0 Å². The fourth-order valence-corrected chi connectivity index (χ4v) is 8.33. The molecule has 278 valence electrons. The molecule has 0 aliphatic carbocycles. The van der Waals surface area contributed by atoms with E-state index in [1.807, 2.05) is 0 Å². The number of hydrogen-bond acceptors (Lipinski definition) is 1. The average Bonchev–Trinajstić information content (AvgIpc) is 3.33. The molecule has 10 aromatic rings. The highest BCUT2D eigenvalue weighted by Crippen LogP contribution is 2.44. The Morgan fingerprint density at radius 3 is 1.22 bits per heavy atom. The molecule has 0 N–H and O–H groups in total. The SMILES string of the molecule is c1ccc(-c2ccc(N(c3ccc(-c4ccc(-c5ccccc5)c(-c5cccc6ccccc56)c4)cc3)c3ccc(-c4ccccc4)cc3-c3ccccc3)cc2)cc1. The third-order valence-electron chi connectivity index (χ3n) is 11.3. The first-order valence-corrected chi connectivity index (χ1v) is 20.3. The maximum absolute atomic E-state index is 2.40. The molecule has 0 aliphatic rings. The second-order valence-corrected chi connectivity index (χ2v) is 14.9. The molecular weight excluding hydrogens is 711 g/mol. The Morgan fingerprint density at radius 2 is 0.627 bits per heavy atom. The van der Waals surface area contributed by atoms with Crippen molar-refractivity contribution < 1.29 is 0 Å². The summed E-state index contributed by atoms with van der Waals surface area (Å²) in [5, 5.41) is 2.49. The highest BCUT2D eigenvalue weighted by Gasteiger charge is 2.19. The Labute approximate surface area is 346 Å². The number of benzene rings is 10. The van der Waals surface area contributed by atoms with Crippen molar-refractivity contribution in [1.82, 2.24) is 0 Å². The summed E-state index contributed by atoms with van der Waals surface area (Å²) in [6.45, 7) is 0. The lowest BCUT2D eigenvalue weighted by atomic mass is 9.89. The normalized spacial score (nSPS) is 11.1. The summed E-state index contributed by atoms with van der Waals surface area (Å²) in [4.78, 5) is 2.40. The van der Waals surface area contributed by atoms with E-state index in [-0.39, 0.29) is 0 Å². The minimum Gasteiger partial charge on any atom is -0.310 e. The van der Waals surface area contributed by atoms with Gasteiger partial charge in [-0.3, -0.25) is 0 Å². The molecule has 0 aliphatic heterocycles. The lowest BCUT2D eigenvalue weighted by Gasteiger charge is -2.29. The smallest absolute Gasteiger partial charge is 0.0540 e. The van der Waals surface area contributed by atoms with E-state index in [4.69, 9.17) is 0 Å². The van der Waals surface area contributed by atoms with Crippen LogP contribution in [0.3, 0.4) is 0 Å². The molecule has 10 rings (SSSR count). The van der Waals surface area contributed by atoms with E-state index in [1.54, 1.807) is 0 Å². The Bertz CT molecular complexity index is 2990. The van der Waals surface area contributed by atoms with Crippen LogP contribution in [0.4, 0.5) is 17.1 Å². The predicted octanol–water partition coefficient (Wildman–Crippen LogP) is 16.3. The van der Waals surface area contributed by atoms with E-state index in [0.29, 0.717) is 0 Å². The summed E-state index contributed by atoms with van der Waals surface area (Å²) in [6, 6.07) is 89.8. The van der Waals surface area contributed by atoms with Gasteiger partial charge in [0.2, 0.25) is 0 Å². The van der Waals surface area contributed by atoms with Gasteiger partial charge in [0.1, 0.15) is 0 Å². The van der Waals surface area contributed by atoms with Crippen LogP contribution < -0.4 is 4.90 Å². The highest BCUT2D eigenvalue weighted by atomic mass is 15.1. The van der Waals surface area contributed by atoms with E-state index in [0.717, 1.165) is 22.6 Å². The van der Waals surface area contributed by atoms with Crippen LogP contribution in [0.15, 0.2) is 249 Å². The second kappa shape index (κ2) is 16.0. The van der Waals surface area contributed by atoms with Crippen LogP contribution in [-0.2, 0) is 0 Å². The molecule has 0 radical (unpaired) electrons. The van der Waals surface area contributed by atoms with Crippen molar-refractivity contribution in [2.45, 2.75) is 0 Å². The van der Waals surface area contributed by atoms with E-state index in [2.05, 4.69) is 254 Å². The minimum atomic E-state index is 1.08. The van der Waals surface area contributed by atoms with Crippen molar-refractivity contribution in [2.24, 2.45) is 0 Å². The summed E-state index contributed by atoms with van der Waals surface area (Å²) >= 11 is 0. The van der Waals surface area contributed by atoms with Crippen LogP contribution in [0.5, 0.6) is 0 Å². The fourth-order valence-electron chi connectivity index (χ4n) is 8.33. The van der Waals surface area contributed by atoms with Crippen LogP contribution in [0.1, 0.15) is 0 Å². The molecule has 0 spiro atoms. The zero-order valence-electron chi connectivity index (χ0n) is 32.6. The Hall–Kier alpha value is -7.74. The minimum absolute atomic E-state index is 1.08. The van der Waals surface area contributed by atoms with Gasteiger partial charge < -0.3 is 4.90 Å². The van der Waals surface area contributed by atoms with Gasteiger partial charge in [-0.2, -0.15) is 0 Å². The standard InChI is InChI=1S/C58H41N/c1-5-16-42(17-6-1)44-28-34-51(35-29-44)59(58-39-33-50(43-18-7-2-8-19-43)40-56(58)48-22-11-4-12-23-48)52-36-30-45(31-37-52)49-32-38-54(46-20-9-3-10-21-46)57(41-49)55-27-15-25-47-24-13-14-26-53(47)55/h1-41H. The zero-order chi connectivity index (χ0) is 39.4. The number of anilines is 3. The largest absolute Gasteiger partial charge is 0.310 e. The molecule has 0 bridgehead atoms. The molecule has 0 aromatic heterocycles. The van der Waals surface area contributed by atoms with Gasteiger partial charge >= 0.3 is 0 Å². The number of rotatable bonds is 9. The number of nitrogens with zero attached hydrogens (tertiary/aromatic N) is 1. The van der Waals surface area contributed by atoms with Crippen molar-refractivity contribution >= 4 is 27.8 Å². The molecule has 0 atom stereocenters. The zero-order valence-corrected chi connectivity index (χ0v) is 32.6. The predicted molar refractivity (Wildman–Crippen MR) is 251 cm³/mol. The fraction of sp³-hybridized carbons (Fsp3) is 0. The van der Waals surface area contributed by atoms with E-state index >= 15 is 0 Å². The molecule has 1 nitrogen and oxygen atoms in total. The maximum atomic E-state index is 2.40. The summed E-state index contributed by atoms with van der Waals surface area (Å²) in [6.07, 6.45) is 0. The van der Waals surface area contributed by atoms with Crippen LogP contribution in [0, 0.1) is 0 Å². The van der Waals surface area contributed by atoms with Crippen molar-refractivity contribution in [3.63, 3.8) is 0 Å². The van der Waals surface area contributed by atoms with E-state index in [1.165, 1.54) is 72.0 Å². The Kier molecular flexibility index (Phi) is 9.68. The molecule has 1 heteroatoms. The summed E-state index contributed by atoms with van der Waals surface area (Å²) in [7, 11) is 0.